The van der Waals surface area contributed by atoms with Gasteiger partial charge in [0.1, 0.15) is 16.1 Å². The number of piperidine rings is 1. The van der Waals surface area contributed by atoms with Crippen LogP contribution in [0.15, 0.2) is 41.1 Å². The van der Waals surface area contributed by atoms with Gasteiger partial charge >= 0.3 is 0 Å². The molecular weight excluding hydrogens is 336 g/mol. The fourth-order valence-corrected chi connectivity index (χ4v) is 4.11. The average Bonchev–Trinajstić information content (AvgIpc) is 3.31. The maximum atomic E-state index is 12.5. The number of carbonyl (C=O) groups excluding carboxylic acids is 1. The van der Waals surface area contributed by atoms with Crippen LogP contribution in [0.25, 0.3) is 10.3 Å². The van der Waals surface area contributed by atoms with Gasteiger partial charge in [-0.05, 0) is 37.1 Å². The van der Waals surface area contributed by atoms with Crippen LogP contribution in [0, 0.1) is 5.92 Å². The fraction of sp³-hybridized carbons (Fsp3) is 0.389. The topological polar surface area (TPSA) is 71.3 Å². The first kappa shape index (κ1) is 16.1. The highest BCUT2D eigenvalue weighted by atomic mass is 32.1. The molecule has 1 aliphatic heterocycles. The Labute approximate surface area is 149 Å². The Kier molecular flexibility index (Phi) is 4.65. The molecule has 1 amide bonds. The van der Waals surface area contributed by atoms with E-state index >= 15 is 0 Å². The summed E-state index contributed by atoms with van der Waals surface area (Å²) in [6.45, 7) is 2.26. The van der Waals surface area contributed by atoms with Crippen molar-refractivity contribution in [2.75, 3.05) is 24.5 Å². The summed E-state index contributed by atoms with van der Waals surface area (Å²) in [6, 6.07) is 7.67. The quantitative estimate of drug-likeness (QED) is 0.761. The van der Waals surface area contributed by atoms with Crippen molar-refractivity contribution >= 4 is 32.7 Å². The highest BCUT2D eigenvalue weighted by Gasteiger charge is 2.27. The molecule has 0 aromatic carbocycles. The van der Waals surface area contributed by atoms with Gasteiger partial charge in [-0.25, -0.2) is 9.97 Å². The number of rotatable bonds is 5. The predicted molar refractivity (Wildman–Crippen MR) is 97.8 cm³/mol. The lowest BCUT2D eigenvalue weighted by molar-refractivity contribution is -0.125. The van der Waals surface area contributed by atoms with Gasteiger partial charge in [0.05, 0.1) is 12.2 Å². The third kappa shape index (κ3) is 3.66. The van der Waals surface area contributed by atoms with E-state index in [-0.39, 0.29) is 11.8 Å². The molecule has 1 aliphatic rings. The number of thiazole rings is 1. The number of furan rings is 1. The minimum absolute atomic E-state index is 0.00493. The van der Waals surface area contributed by atoms with Gasteiger partial charge in [-0.3, -0.25) is 4.79 Å². The summed E-state index contributed by atoms with van der Waals surface area (Å²) in [5.74, 6) is 1.02. The van der Waals surface area contributed by atoms with Crippen LogP contribution in [0.2, 0.25) is 0 Å². The molecule has 1 N–H and O–H groups in total. The normalized spacial score (nSPS) is 17.8. The molecule has 6 nitrogen and oxygen atoms in total. The predicted octanol–water partition coefficient (Wildman–Crippen LogP) is 2.86. The highest BCUT2D eigenvalue weighted by molar-refractivity contribution is 7.21. The molecule has 0 aliphatic carbocycles. The van der Waals surface area contributed by atoms with Crippen molar-refractivity contribution in [2.45, 2.75) is 19.3 Å². The van der Waals surface area contributed by atoms with Gasteiger partial charge in [-0.2, -0.15) is 0 Å². The molecule has 1 atom stereocenters. The van der Waals surface area contributed by atoms with Crippen LogP contribution < -0.4 is 10.2 Å². The number of hydrogen-bond donors (Lipinski definition) is 1. The third-order valence-corrected chi connectivity index (χ3v) is 5.51. The van der Waals surface area contributed by atoms with E-state index in [1.165, 1.54) is 0 Å². The average molecular weight is 356 g/mol. The largest absolute Gasteiger partial charge is 0.469 e. The summed E-state index contributed by atoms with van der Waals surface area (Å²) in [4.78, 5) is 24.7. The molecule has 3 aromatic heterocycles. The van der Waals surface area contributed by atoms with Crippen molar-refractivity contribution in [1.82, 2.24) is 15.3 Å². The van der Waals surface area contributed by atoms with Crippen LogP contribution in [-0.2, 0) is 11.2 Å². The van der Waals surface area contributed by atoms with E-state index in [1.807, 2.05) is 24.3 Å². The van der Waals surface area contributed by atoms with Crippen molar-refractivity contribution < 1.29 is 9.21 Å². The van der Waals surface area contributed by atoms with Crippen LogP contribution in [0.3, 0.4) is 0 Å². The molecule has 0 spiro atoms. The van der Waals surface area contributed by atoms with Crippen molar-refractivity contribution in [3.63, 3.8) is 0 Å². The zero-order valence-electron chi connectivity index (χ0n) is 13.9. The summed E-state index contributed by atoms with van der Waals surface area (Å²) in [5.41, 5.74) is 0.924. The first-order chi connectivity index (χ1) is 12.3. The molecule has 0 saturated carbocycles. The second kappa shape index (κ2) is 7.23. The van der Waals surface area contributed by atoms with E-state index in [9.17, 15) is 4.79 Å². The van der Waals surface area contributed by atoms with E-state index in [0.717, 1.165) is 47.0 Å². The number of nitrogens with zero attached hydrogens (tertiary/aromatic N) is 3. The molecule has 3 aromatic rings. The standard InChI is InChI=1S/C18H20N4O2S/c23-16(19-9-7-14-5-3-11-24-14)13-4-2-10-22(12-13)18-21-15-6-1-8-20-17(15)25-18/h1,3,5-6,8,11,13H,2,4,7,9-10,12H2,(H,19,23). The molecule has 1 fully saturated rings. The number of pyridine rings is 1. The molecule has 7 heteroatoms. The number of hydrogen-bond acceptors (Lipinski definition) is 6. The number of aromatic nitrogens is 2. The van der Waals surface area contributed by atoms with Gasteiger partial charge in [0, 0.05) is 32.3 Å². The Bertz CT molecular complexity index is 813. The Morgan fingerprint density at radius 2 is 2.36 bits per heavy atom. The summed E-state index contributed by atoms with van der Waals surface area (Å²) in [7, 11) is 0. The first-order valence-corrected chi connectivity index (χ1v) is 9.38. The summed E-state index contributed by atoms with van der Waals surface area (Å²) in [5, 5.41) is 3.99. The first-order valence-electron chi connectivity index (χ1n) is 8.56. The Hall–Kier alpha value is -2.41. The smallest absolute Gasteiger partial charge is 0.224 e. The van der Waals surface area contributed by atoms with Gasteiger partial charge in [0.25, 0.3) is 0 Å². The van der Waals surface area contributed by atoms with E-state index in [4.69, 9.17) is 4.42 Å². The third-order valence-electron chi connectivity index (χ3n) is 4.47. The van der Waals surface area contributed by atoms with E-state index in [0.29, 0.717) is 13.1 Å². The lowest BCUT2D eigenvalue weighted by Crippen LogP contribution is -2.43. The summed E-state index contributed by atoms with van der Waals surface area (Å²) >= 11 is 1.59. The van der Waals surface area contributed by atoms with Crippen molar-refractivity contribution in [3.05, 3.63) is 42.5 Å². The number of amides is 1. The number of fused-ring (bicyclic) bond motifs is 1. The molecule has 0 bridgehead atoms. The Morgan fingerprint density at radius 1 is 1.40 bits per heavy atom. The lowest BCUT2D eigenvalue weighted by Gasteiger charge is -2.31. The molecule has 130 valence electrons. The van der Waals surface area contributed by atoms with Gasteiger partial charge in [-0.15, -0.1) is 0 Å². The van der Waals surface area contributed by atoms with Crippen LogP contribution in [0.4, 0.5) is 5.13 Å². The number of anilines is 1. The van der Waals surface area contributed by atoms with E-state index in [2.05, 4.69) is 20.2 Å². The maximum absolute atomic E-state index is 12.5. The minimum atomic E-state index is 0.00493. The van der Waals surface area contributed by atoms with Gasteiger partial charge in [0.15, 0.2) is 5.13 Å². The minimum Gasteiger partial charge on any atom is -0.469 e. The zero-order valence-corrected chi connectivity index (χ0v) is 14.7. The fourth-order valence-electron chi connectivity index (χ4n) is 3.17. The number of carbonyl (C=O) groups is 1. The molecule has 25 heavy (non-hydrogen) atoms. The maximum Gasteiger partial charge on any atom is 0.224 e. The van der Waals surface area contributed by atoms with Crippen molar-refractivity contribution in [3.8, 4) is 0 Å². The van der Waals surface area contributed by atoms with Crippen LogP contribution in [-0.4, -0.2) is 35.5 Å². The zero-order chi connectivity index (χ0) is 17.1. The monoisotopic (exact) mass is 356 g/mol. The van der Waals surface area contributed by atoms with Crippen molar-refractivity contribution in [1.29, 1.82) is 0 Å². The van der Waals surface area contributed by atoms with E-state index in [1.54, 1.807) is 23.8 Å². The Balaban J connectivity index is 1.36. The molecule has 4 rings (SSSR count). The molecule has 4 heterocycles. The molecule has 1 unspecified atom stereocenters. The van der Waals surface area contributed by atoms with Gasteiger partial charge < -0.3 is 14.6 Å². The second-order valence-corrected chi connectivity index (χ2v) is 7.19. The van der Waals surface area contributed by atoms with Gasteiger partial charge in [-0.1, -0.05) is 11.3 Å². The Morgan fingerprint density at radius 3 is 3.20 bits per heavy atom. The number of nitrogens with one attached hydrogen (secondary N) is 1. The summed E-state index contributed by atoms with van der Waals surface area (Å²) in [6.07, 6.45) is 6.09. The summed E-state index contributed by atoms with van der Waals surface area (Å²) < 4.78 is 5.29. The molecular formula is C18H20N4O2S. The van der Waals surface area contributed by atoms with Crippen LogP contribution in [0.1, 0.15) is 18.6 Å². The molecule has 1 saturated heterocycles. The SMILES string of the molecule is O=C(NCCc1ccco1)C1CCCN(c2nc3cccnc3s2)C1. The highest BCUT2D eigenvalue weighted by Crippen LogP contribution is 2.30. The second-order valence-electron chi connectivity index (χ2n) is 6.23. The van der Waals surface area contributed by atoms with Crippen LogP contribution in [0.5, 0.6) is 0 Å². The van der Waals surface area contributed by atoms with Gasteiger partial charge in [0.2, 0.25) is 5.91 Å². The van der Waals surface area contributed by atoms with Crippen LogP contribution >= 0.6 is 11.3 Å². The lowest BCUT2D eigenvalue weighted by atomic mass is 9.97. The van der Waals surface area contributed by atoms with E-state index < -0.39 is 0 Å². The molecule has 0 radical (unpaired) electrons. The van der Waals surface area contributed by atoms with Crippen molar-refractivity contribution in [2.24, 2.45) is 5.92 Å².